The smallest absolute Gasteiger partial charge is 0.253 e. The highest BCUT2D eigenvalue weighted by Gasteiger charge is 2.22. The minimum absolute atomic E-state index is 0.0114. The van der Waals surface area contributed by atoms with Crippen molar-refractivity contribution in [3.05, 3.63) is 50.1 Å². The summed E-state index contributed by atoms with van der Waals surface area (Å²) in [5, 5.41) is 9.64. The number of hydrogen-bond donors (Lipinski definition) is 1. The second kappa shape index (κ2) is 7.09. The molecule has 0 unspecified atom stereocenters. The van der Waals surface area contributed by atoms with Crippen molar-refractivity contribution in [2.45, 2.75) is 6.54 Å². The van der Waals surface area contributed by atoms with Crippen LogP contribution in [0.3, 0.4) is 0 Å². The van der Waals surface area contributed by atoms with Crippen LogP contribution in [0.4, 0.5) is 0 Å². The monoisotopic (exact) mass is 370 g/mol. The average Bonchev–Trinajstić information content (AvgIpc) is 2.95. The van der Waals surface area contributed by atoms with Crippen LogP contribution < -0.4 is 0 Å². The van der Waals surface area contributed by atoms with Crippen molar-refractivity contribution in [3.63, 3.8) is 0 Å². The predicted octanol–water partition coefficient (Wildman–Crippen LogP) is 3.72. The summed E-state index contributed by atoms with van der Waals surface area (Å²) in [5.41, 5.74) is 0.506. The van der Waals surface area contributed by atoms with Gasteiger partial charge in [-0.3, -0.25) is 9.69 Å². The number of thiophene rings is 1. The van der Waals surface area contributed by atoms with Gasteiger partial charge in [0.15, 0.2) is 0 Å². The SMILES string of the molecule is O=C(c1ccc(O)c(Cl)c1)N1CCN(Cc2ccc(Cl)s2)CC1. The molecule has 1 N–H and O–H groups in total. The fourth-order valence-corrected chi connectivity index (χ4v) is 3.90. The van der Waals surface area contributed by atoms with Crippen molar-refractivity contribution in [1.29, 1.82) is 0 Å². The van der Waals surface area contributed by atoms with Crippen molar-refractivity contribution >= 4 is 40.4 Å². The highest BCUT2D eigenvalue weighted by molar-refractivity contribution is 7.16. The number of hydrogen-bond acceptors (Lipinski definition) is 4. The first-order valence-electron chi connectivity index (χ1n) is 7.27. The third-order valence-corrected chi connectivity index (χ3v) is 5.38. The first-order chi connectivity index (χ1) is 11.0. The Morgan fingerprint density at radius 3 is 2.48 bits per heavy atom. The van der Waals surface area contributed by atoms with Crippen LogP contribution in [0.2, 0.25) is 9.36 Å². The van der Waals surface area contributed by atoms with E-state index >= 15 is 0 Å². The third kappa shape index (κ3) is 3.98. The average molecular weight is 371 g/mol. The van der Waals surface area contributed by atoms with Gasteiger partial charge in [-0.2, -0.15) is 0 Å². The lowest BCUT2D eigenvalue weighted by Crippen LogP contribution is -2.48. The molecule has 0 spiro atoms. The second-order valence-corrected chi connectivity index (χ2v) is 7.65. The Hall–Kier alpha value is -1.27. The molecular weight excluding hydrogens is 355 g/mol. The van der Waals surface area contributed by atoms with Crippen molar-refractivity contribution in [2.24, 2.45) is 0 Å². The Kier molecular flexibility index (Phi) is 5.11. The number of phenols is 1. The van der Waals surface area contributed by atoms with E-state index in [0.717, 1.165) is 24.0 Å². The zero-order chi connectivity index (χ0) is 16.4. The maximum Gasteiger partial charge on any atom is 0.253 e. The lowest BCUT2D eigenvalue weighted by atomic mass is 10.1. The first kappa shape index (κ1) is 16.6. The topological polar surface area (TPSA) is 43.8 Å². The van der Waals surface area contributed by atoms with Crippen LogP contribution in [-0.2, 0) is 6.54 Å². The molecule has 1 aliphatic rings. The molecular formula is C16H16Cl2N2O2S. The van der Waals surface area contributed by atoms with E-state index in [2.05, 4.69) is 4.90 Å². The molecule has 23 heavy (non-hydrogen) atoms. The second-order valence-electron chi connectivity index (χ2n) is 5.44. The minimum Gasteiger partial charge on any atom is -0.506 e. The fourth-order valence-electron chi connectivity index (χ4n) is 2.59. The number of benzene rings is 1. The number of rotatable bonds is 3. The zero-order valence-electron chi connectivity index (χ0n) is 12.3. The van der Waals surface area contributed by atoms with Gasteiger partial charge in [0.2, 0.25) is 0 Å². The van der Waals surface area contributed by atoms with Crippen LogP contribution in [0.5, 0.6) is 5.75 Å². The van der Waals surface area contributed by atoms with Gasteiger partial charge < -0.3 is 10.0 Å². The van der Waals surface area contributed by atoms with Gasteiger partial charge in [0.25, 0.3) is 5.91 Å². The third-order valence-electron chi connectivity index (χ3n) is 3.86. The van der Waals surface area contributed by atoms with Crippen molar-refractivity contribution in [3.8, 4) is 5.75 Å². The summed E-state index contributed by atoms with van der Waals surface area (Å²) in [6.07, 6.45) is 0. The van der Waals surface area contributed by atoms with Crippen molar-refractivity contribution < 1.29 is 9.90 Å². The number of phenolic OH excluding ortho intramolecular Hbond substituents is 1. The largest absolute Gasteiger partial charge is 0.506 e. The Balaban J connectivity index is 1.57. The quantitative estimate of drug-likeness (QED) is 0.895. The molecule has 1 aromatic carbocycles. The molecule has 4 nitrogen and oxygen atoms in total. The molecule has 0 aliphatic carbocycles. The van der Waals surface area contributed by atoms with Gasteiger partial charge in [0.1, 0.15) is 5.75 Å². The summed E-state index contributed by atoms with van der Waals surface area (Å²) in [5.74, 6) is -0.0617. The summed E-state index contributed by atoms with van der Waals surface area (Å²) in [6.45, 7) is 3.87. The molecule has 2 aromatic rings. The van der Waals surface area contributed by atoms with Crippen LogP contribution in [0.25, 0.3) is 0 Å². The molecule has 1 amide bonds. The van der Waals surface area contributed by atoms with E-state index in [1.807, 2.05) is 17.0 Å². The molecule has 0 radical (unpaired) electrons. The Labute approximate surface area is 148 Å². The van der Waals surface area contributed by atoms with Gasteiger partial charge in [-0.25, -0.2) is 0 Å². The number of carbonyl (C=O) groups is 1. The summed E-state index contributed by atoms with van der Waals surface area (Å²) < 4.78 is 0.804. The maximum absolute atomic E-state index is 12.5. The van der Waals surface area contributed by atoms with E-state index < -0.39 is 0 Å². The molecule has 2 heterocycles. The van der Waals surface area contributed by atoms with Gasteiger partial charge in [0.05, 0.1) is 9.36 Å². The number of amides is 1. The van der Waals surface area contributed by atoms with E-state index in [9.17, 15) is 9.90 Å². The van der Waals surface area contributed by atoms with Gasteiger partial charge in [-0.1, -0.05) is 23.2 Å². The van der Waals surface area contributed by atoms with Crippen LogP contribution in [0, 0.1) is 0 Å². The Morgan fingerprint density at radius 1 is 1.13 bits per heavy atom. The summed E-state index contributed by atoms with van der Waals surface area (Å²) >= 11 is 13.4. The standard InChI is InChI=1S/C16H16Cl2N2O2S/c17-13-9-11(1-3-14(13)21)16(22)20-7-5-19(6-8-20)10-12-2-4-15(18)23-12/h1-4,9,21H,5-8,10H2. The summed E-state index contributed by atoms with van der Waals surface area (Å²) in [6, 6.07) is 8.52. The van der Waals surface area contributed by atoms with Crippen LogP contribution >= 0.6 is 34.5 Å². The summed E-state index contributed by atoms with van der Waals surface area (Å²) in [4.78, 5) is 17.9. The first-order valence-corrected chi connectivity index (χ1v) is 8.84. The molecule has 1 aromatic heterocycles. The lowest BCUT2D eigenvalue weighted by molar-refractivity contribution is 0.0629. The van der Waals surface area contributed by atoms with Gasteiger partial charge in [0, 0.05) is 43.2 Å². The normalized spacial score (nSPS) is 15.8. The molecule has 0 saturated carbocycles. The number of nitrogens with zero attached hydrogens (tertiary/aromatic N) is 2. The number of halogens is 2. The van der Waals surface area contributed by atoms with Crippen LogP contribution in [-0.4, -0.2) is 47.0 Å². The molecule has 3 rings (SSSR count). The maximum atomic E-state index is 12.5. The number of piperazine rings is 1. The van der Waals surface area contributed by atoms with E-state index in [1.54, 1.807) is 17.4 Å². The van der Waals surface area contributed by atoms with E-state index in [4.69, 9.17) is 23.2 Å². The van der Waals surface area contributed by atoms with Gasteiger partial charge >= 0.3 is 0 Å². The molecule has 1 saturated heterocycles. The molecule has 0 atom stereocenters. The van der Waals surface area contributed by atoms with Gasteiger partial charge in [-0.05, 0) is 30.3 Å². The highest BCUT2D eigenvalue weighted by atomic mass is 35.5. The van der Waals surface area contributed by atoms with Crippen molar-refractivity contribution in [2.75, 3.05) is 26.2 Å². The highest BCUT2D eigenvalue weighted by Crippen LogP contribution is 2.25. The number of aromatic hydroxyl groups is 1. The predicted molar refractivity (Wildman–Crippen MR) is 93.6 cm³/mol. The molecule has 1 fully saturated rings. The lowest BCUT2D eigenvalue weighted by Gasteiger charge is -2.34. The number of carbonyl (C=O) groups excluding carboxylic acids is 1. The fraction of sp³-hybridized carbons (Fsp3) is 0.312. The summed E-state index contributed by atoms with van der Waals surface area (Å²) in [7, 11) is 0. The van der Waals surface area contributed by atoms with Crippen LogP contribution in [0.1, 0.15) is 15.2 Å². The van der Waals surface area contributed by atoms with Crippen molar-refractivity contribution in [1.82, 2.24) is 9.80 Å². The molecule has 1 aliphatic heterocycles. The van der Waals surface area contributed by atoms with Crippen LogP contribution in [0.15, 0.2) is 30.3 Å². The molecule has 7 heteroatoms. The van der Waals surface area contributed by atoms with E-state index in [0.29, 0.717) is 18.7 Å². The Morgan fingerprint density at radius 2 is 1.87 bits per heavy atom. The van der Waals surface area contributed by atoms with E-state index in [1.165, 1.54) is 17.0 Å². The zero-order valence-corrected chi connectivity index (χ0v) is 14.7. The van der Waals surface area contributed by atoms with E-state index in [-0.39, 0.29) is 16.7 Å². The molecule has 0 bridgehead atoms. The molecule has 122 valence electrons. The minimum atomic E-state index is -0.0503. The van der Waals surface area contributed by atoms with Gasteiger partial charge in [-0.15, -0.1) is 11.3 Å². The Bertz CT molecular complexity index is 712.